The van der Waals surface area contributed by atoms with Crippen molar-refractivity contribution in [1.29, 1.82) is 10.5 Å². The number of benzene rings is 1. The molecule has 0 saturated carbocycles. The second kappa shape index (κ2) is 5.00. The number of carbonyl (C=O) groups excluding carboxylic acids is 1. The van der Waals surface area contributed by atoms with Crippen molar-refractivity contribution in [2.75, 3.05) is 12.3 Å². The first-order chi connectivity index (χ1) is 8.06. The number of ether oxygens (including phenoxy) is 1. The van der Waals surface area contributed by atoms with Gasteiger partial charge in [0.2, 0.25) is 0 Å². The van der Waals surface area contributed by atoms with Crippen molar-refractivity contribution in [2.45, 2.75) is 13.8 Å². The van der Waals surface area contributed by atoms with Gasteiger partial charge in [0.15, 0.2) is 0 Å². The van der Waals surface area contributed by atoms with E-state index in [-0.39, 0.29) is 29.0 Å². The molecule has 1 aromatic carbocycles. The quantitative estimate of drug-likeness (QED) is 0.611. The highest BCUT2D eigenvalue weighted by atomic mass is 16.5. The summed E-state index contributed by atoms with van der Waals surface area (Å²) in [6, 6.07) is 5.09. The van der Waals surface area contributed by atoms with Crippen molar-refractivity contribution in [3.63, 3.8) is 0 Å². The molecule has 0 heterocycles. The summed E-state index contributed by atoms with van der Waals surface area (Å²) >= 11 is 0. The Balaban J connectivity index is 3.50. The van der Waals surface area contributed by atoms with Crippen LogP contribution in [0.5, 0.6) is 0 Å². The highest BCUT2D eigenvalue weighted by molar-refractivity contribution is 5.93. The number of nitrogens with zero attached hydrogens (tertiary/aromatic N) is 2. The van der Waals surface area contributed by atoms with Gasteiger partial charge in [-0.15, -0.1) is 0 Å². The summed E-state index contributed by atoms with van der Waals surface area (Å²) in [7, 11) is 0. The maximum atomic E-state index is 11.6. The Bertz CT molecular complexity index is 550. The van der Waals surface area contributed by atoms with Crippen LogP contribution in [0.25, 0.3) is 0 Å². The number of carbonyl (C=O) groups is 1. The Morgan fingerprint density at radius 1 is 1.47 bits per heavy atom. The number of nitrogens with two attached hydrogens (primary N) is 1. The molecule has 86 valence electrons. The minimum atomic E-state index is -0.557. The summed E-state index contributed by atoms with van der Waals surface area (Å²) < 4.78 is 4.85. The molecule has 0 unspecified atom stereocenters. The van der Waals surface area contributed by atoms with Crippen LogP contribution in [0.3, 0.4) is 0 Å². The lowest BCUT2D eigenvalue weighted by Gasteiger charge is -2.10. The summed E-state index contributed by atoms with van der Waals surface area (Å²) in [6.07, 6.45) is 0. The number of anilines is 1. The molecule has 0 atom stereocenters. The first-order valence-electron chi connectivity index (χ1n) is 4.97. The largest absolute Gasteiger partial charge is 0.462 e. The Hall–Kier alpha value is -2.53. The molecule has 0 aliphatic rings. The smallest absolute Gasteiger partial charge is 0.338 e. The van der Waals surface area contributed by atoms with Crippen molar-refractivity contribution >= 4 is 11.7 Å². The van der Waals surface area contributed by atoms with Crippen LogP contribution in [0.1, 0.15) is 34.0 Å². The van der Waals surface area contributed by atoms with Gasteiger partial charge in [0.05, 0.1) is 29.0 Å². The third-order valence-corrected chi connectivity index (χ3v) is 2.35. The lowest BCUT2D eigenvalue weighted by atomic mass is 9.97. The second-order valence-electron chi connectivity index (χ2n) is 3.33. The van der Waals surface area contributed by atoms with Gasteiger partial charge in [-0.05, 0) is 25.5 Å². The van der Waals surface area contributed by atoms with Crippen LogP contribution in [0.4, 0.5) is 5.69 Å². The van der Waals surface area contributed by atoms with E-state index in [2.05, 4.69) is 0 Å². The van der Waals surface area contributed by atoms with Gasteiger partial charge in [0.1, 0.15) is 12.1 Å². The Kier molecular flexibility index (Phi) is 3.69. The van der Waals surface area contributed by atoms with E-state index in [1.54, 1.807) is 13.8 Å². The fourth-order valence-corrected chi connectivity index (χ4v) is 1.46. The van der Waals surface area contributed by atoms with E-state index in [0.717, 1.165) is 0 Å². The van der Waals surface area contributed by atoms with Crippen molar-refractivity contribution in [3.05, 3.63) is 28.3 Å². The first kappa shape index (κ1) is 12.5. The molecule has 5 nitrogen and oxygen atoms in total. The molecule has 0 fully saturated rings. The van der Waals surface area contributed by atoms with Gasteiger partial charge in [-0.3, -0.25) is 0 Å². The maximum absolute atomic E-state index is 11.6. The molecule has 17 heavy (non-hydrogen) atoms. The topological polar surface area (TPSA) is 99.9 Å². The molecule has 0 amide bonds. The monoisotopic (exact) mass is 229 g/mol. The molecule has 0 spiro atoms. The average Bonchev–Trinajstić information content (AvgIpc) is 2.30. The summed E-state index contributed by atoms with van der Waals surface area (Å²) in [5.41, 5.74) is 6.64. The molecular weight excluding hydrogens is 218 g/mol. The van der Waals surface area contributed by atoms with Gasteiger partial charge in [0.25, 0.3) is 0 Å². The molecule has 0 saturated heterocycles. The number of nitriles is 2. The first-order valence-corrected chi connectivity index (χ1v) is 4.97. The summed E-state index contributed by atoms with van der Waals surface area (Å²) in [4.78, 5) is 11.6. The second-order valence-corrected chi connectivity index (χ2v) is 3.33. The lowest BCUT2D eigenvalue weighted by molar-refractivity contribution is 0.0525. The molecule has 0 aromatic heterocycles. The molecule has 1 aromatic rings. The highest BCUT2D eigenvalue weighted by Crippen LogP contribution is 2.24. The molecule has 1 rings (SSSR count). The SMILES string of the molecule is CCOC(=O)c1cc(C#N)c(N)c(C#N)c1C. The van der Waals surface area contributed by atoms with Gasteiger partial charge in [-0.2, -0.15) is 10.5 Å². The van der Waals surface area contributed by atoms with Gasteiger partial charge in [-0.25, -0.2) is 4.79 Å². The summed E-state index contributed by atoms with van der Waals surface area (Å²) in [5.74, 6) is -0.557. The standard InChI is InChI=1S/C12H11N3O2/c1-3-17-12(16)9-4-8(5-13)11(15)10(6-14)7(9)2/h4H,3,15H2,1-2H3. The van der Waals surface area contributed by atoms with Crippen molar-refractivity contribution in [3.8, 4) is 12.1 Å². The Labute approximate surface area is 99.0 Å². The third kappa shape index (κ3) is 2.19. The van der Waals surface area contributed by atoms with E-state index in [1.165, 1.54) is 6.07 Å². The Morgan fingerprint density at radius 3 is 2.59 bits per heavy atom. The van der Waals surface area contributed by atoms with Crippen LogP contribution in [-0.2, 0) is 4.74 Å². The van der Waals surface area contributed by atoms with Crippen LogP contribution >= 0.6 is 0 Å². The van der Waals surface area contributed by atoms with Crippen LogP contribution in [-0.4, -0.2) is 12.6 Å². The number of hydrogen-bond acceptors (Lipinski definition) is 5. The van der Waals surface area contributed by atoms with Gasteiger partial charge in [0, 0.05) is 0 Å². The van der Waals surface area contributed by atoms with E-state index in [4.69, 9.17) is 21.0 Å². The predicted molar refractivity (Wildman–Crippen MR) is 61.0 cm³/mol. The third-order valence-electron chi connectivity index (χ3n) is 2.35. The van der Waals surface area contributed by atoms with E-state index in [1.807, 2.05) is 12.1 Å². The molecular formula is C12H11N3O2. The zero-order valence-electron chi connectivity index (χ0n) is 9.57. The summed E-state index contributed by atoms with van der Waals surface area (Å²) in [5, 5.41) is 17.8. The fraction of sp³-hybridized carbons (Fsp3) is 0.250. The van der Waals surface area contributed by atoms with Crippen molar-refractivity contribution < 1.29 is 9.53 Å². The van der Waals surface area contributed by atoms with Gasteiger partial charge >= 0.3 is 5.97 Å². The van der Waals surface area contributed by atoms with Crippen LogP contribution in [0, 0.1) is 29.6 Å². The number of hydrogen-bond donors (Lipinski definition) is 1. The molecule has 5 heteroatoms. The van der Waals surface area contributed by atoms with Crippen molar-refractivity contribution in [1.82, 2.24) is 0 Å². The Morgan fingerprint density at radius 2 is 2.12 bits per heavy atom. The minimum Gasteiger partial charge on any atom is -0.462 e. The van der Waals surface area contributed by atoms with Gasteiger partial charge < -0.3 is 10.5 Å². The predicted octanol–water partition coefficient (Wildman–Crippen LogP) is 1.50. The zero-order valence-corrected chi connectivity index (χ0v) is 9.57. The van der Waals surface area contributed by atoms with E-state index < -0.39 is 5.97 Å². The highest BCUT2D eigenvalue weighted by Gasteiger charge is 2.18. The van der Waals surface area contributed by atoms with E-state index >= 15 is 0 Å². The van der Waals surface area contributed by atoms with Crippen molar-refractivity contribution in [2.24, 2.45) is 0 Å². The number of rotatable bonds is 2. The fourth-order valence-electron chi connectivity index (χ4n) is 1.46. The van der Waals surface area contributed by atoms with Gasteiger partial charge in [-0.1, -0.05) is 0 Å². The zero-order chi connectivity index (χ0) is 13.0. The normalized spacial score (nSPS) is 9.18. The molecule has 0 bridgehead atoms. The summed E-state index contributed by atoms with van der Waals surface area (Å²) in [6.45, 7) is 3.51. The molecule has 2 N–H and O–H groups in total. The number of nitrogen functional groups attached to an aromatic ring is 1. The van der Waals surface area contributed by atoms with Crippen LogP contribution in [0.2, 0.25) is 0 Å². The molecule has 0 aliphatic heterocycles. The van der Waals surface area contributed by atoms with Crippen LogP contribution < -0.4 is 5.73 Å². The molecule has 0 aliphatic carbocycles. The molecule has 0 radical (unpaired) electrons. The average molecular weight is 229 g/mol. The maximum Gasteiger partial charge on any atom is 0.338 e. The van der Waals surface area contributed by atoms with Crippen LogP contribution in [0.15, 0.2) is 6.07 Å². The number of esters is 1. The van der Waals surface area contributed by atoms with E-state index in [0.29, 0.717) is 5.56 Å². The van der Waals surface area contributed by atoms with E-state index in [9.17, 15) is 4.79 Å². The minimum absolute atomic E-state index is 0.0977. The lowest BCUT2D eigenvalue weighted by Crippen LogP contribution is -2.10.